The number of benzene rings is 2. The molecule has 152 valence electrons. The number of carbonyl (C=O) groups is 1. The van der Waals surface area contributed by atoms with Gasteiger partial charge >= 0.3 is 0 Å². The van der Waals surface area contributed by atoms with Gasteiger partial charge in [0.05, 0.1) is 17.6 Å². The van der Waals surface area contributed by atoms with Crippen molar-refractivity contribution in [2.75, 3.05) is 5.75 Å². The summed E-state index contributed by atoms with van der Waals surface area (Å²) in [5.74, 6) is -0.507. The van der Waals surface area contributed by atoms with Crippen LogP contribution in [-0.4, -0.2) is 31.4 Å². The van der Waals surface area contributed by atoms with Gasteiger partial charge in [0.15, 0.2) is 10.8 Å². The number of halogens is 2. The van der Waals surface area contributed by atoms with Crippen molar-refractivity contribution in [1.29, 1.82) is 0 Å². The number of aromatic nitrogens is 4. The van der Waals surface area contributed by atoms with Crippen molar-refractivity contribution in [2.45, 2.75) is 11.7 Å². The number of nitrogens with zero attached hydrogens (tertiary/aromatic N) is 3. The molecule has 4 aromatic rings. The Kier molecular flexibility index (Phi) is 5.82. The van der Waals surface area contributed by atoms with Crippen molar-refractivity contribution in [3.8, 4) is 5.69 Å². The maximum Gasteiger partial charge on any atom is 0.262 e. The van der Waals surface area contributed by atoms with Gasteiger partial charge in [-0.25, -0.2) is 14.1 Å². The number of H-pyrrole nitrogens is 1. The molecule has 1 amide bonds. The topological polar surface area (TPSA) is 92.7 Å². The largest absolute Gasteiger partial charge is 0.351 e. The third kappa shape index (κ3) is 4.52. The highest BCUT2D eigenvalue weighted by Gasteiger charge is 2.13. The van der Waals surface area contributed by atoms with Gasteiger partial charge in [-0.3, -0.25) is 9.59 Å². The van der Waals surface area contributed by atoms with E-state index in [1.165, 1.54) is 18.3 Å². The summed E-state index contributed by atoms with van der Waals surface area (Å²) < 4.78 is 14.5. The van der Waals surface area contributed by atoms with E-state index >= 15 is 0 Å². The highest BCUT2D eigenvalue weighted by Crippen LogP contribution is 2.19. The van der Waals surface area contributed by atoms with Crippen LogP contribution in [0.5, 0.6) is 0 Å². The van der Waals surface area contributed by atoms with Gasteiger partial charge in [-0.1, -0.05) is 35.5 Å². The summed E-state index contributed by atoms with van der Waals surface area (Å²) in [6.45, 7) is 0.284. The summed E-state index contributed by atoms with van der Waals surface area (Å²) in [5, 5.41) is 8.22. The van der Waals surface area contributed by atoms with E-state index in [0.29, 0.717) is 26.9 Å². The number of rotatable bonds is 6. The second-order valence-corrected chi connectivity index (χ2v) is 7.73. The number of nitrogens with one attached hydrogen (secondary N) is 2. The molecule has 0 spiro atoms. The Balaban J connectivity index is 1.47. The third-order valence-corrected chi connectivity index (χ3v) is 5.36. The summed E-state index contributed by atoms with van der Waals surface area (Å²) >= 11 is 7.03. The van der Waals surface area contributed by atoms with Crippen molar-refractivity contribution in [1.82, 2.24) is 25.1 Å². The molecule has 0 saturated heterocycles. The van der Waals surface area contributed by atoms with E-state index in [1.54, 1.807) is 41.1 Å². The first kappa shape index (κ1) is 20.1. The van der Waals surface area contributed by atoms with Crippen molar-refractivity contribution in [3.05, 3.63) is 81.5 Å². The van der Waals surface area contributed by atoms with Crippen molar-refractivity contribution < 1.29 is 9.18 Å². The summed E-state index contributed by atoms with van der Waals surface area (Å²) in [5.41, 5.74) is 1.54. The van der Waals surface area contributed by atoms with Crippen LogP contribution >= 0.6 is 23.4 Å². The molecule has 0 unspecified atom stereocenters. The highest BCUT2D eigenvalue weighted by molar-refractivity contribution is 7.99. The number of carbonyl (C=O) groups excluding carboxylic acids is 1. The molecule has 2 heterocycles. The minimum atomic E-state index is -0.338. The lowest BCUT2D eigenvalue weighted by Gasteiger charge is -2.06. The van der Waals surface area contributed by atoms with E-state index in [1.807, 2.05) is 0 Å². The first-order valence-electron chi connectivity index (χ1n) is 8.87. The Morgan fingerprint density at radius 2 is 1.90 bits per heavy atom. The fraction of sp³-hybridized carbons (Fsp3) is 0.100. The molecule has 2 aromatic heterocycles. The Morgan fingerprint density at radius 3 is 2.63 bits per heavy atom. The smallest absolute Gasteiger partial charge is 0.262 e. The van der Waals surface area contributed by atoms with Crippen LogP contribution < -0.4 is 10.9 Å². The van der Waals surface area contributed by atoms with E-state index < -0.39 is 0 Å². The van der Waals surface area contributed by atoms with Crippen LogP contribution in [0.2, 0.25) is 5.02 Å². The molecule has 30 heavy (non-hydrogen) atoms. The van der Waals surface area contributed by atoms with Crippen LogP contribution in [0.3, 0.4) is 0 Å². The number of fused-ring (bicyclic) bond motifs is 1. The van der Waals surface area contributed by atoms with Gasteiger partial charge < -0.3 is 10.3 Å². The lowest BCUT2D eigenvalue weighted by molar-refractivity contribution is -0.118. The molecule has 0 bridgehead atoms. The van der Waals surface area contributed by atoms with Gasteiger partial charge in [0.25, 0.3) is 5.56 Å². The molecule has 10 heteroatoms. The van der Waals surface area contributed by atoms with E-state index in [0.717, 1.165) is 17.3 Å². The van der Waals surface area contributed by atoms with E-state index in [2.05, 4.69) is 20.4 Å². The van der Waals surface area contributed by atoms with Gasteiger partial charge in [0, 0.05) is 11.6 Å². The van der Waals surface area contributed by atoms with Crippen molar-refractivity contribution in [2.24, 2.45) is 0 Å². The van der Waals surface area contributed by atoms with Crippen LogP contribution in [0.15, 0.2) is 64.7 Å². The summed E-state index contributed by atoms with van der Waals surface area (Å²) in [4.78, 5) is 31.6. The second kappa shape index (κ2) is 8.68. The molecule has 7 nitrogen and oxygen atoms in total. The average Bonchev–Trinajstić information content (AvgIpc) is 3.17. The molecule has 0 fully saturated rings. The van der Waals surface area contributed by atoms with Gasteiger partial charge in [0.1, 0.15) is 11.2 Å². The highest BCUT2D eigenvalue weighted by atomic mass is 35.5. The molecule has 0 atom stereocenters. The normalized spacial score (nSPS) is 11.0. The quantitative estimate of drug-likeness (QED) is 0.352. The lowest BCUT2D eigenvalue weighted by atomic mass is 10.2. The van der Waals surface area contributed by atoms with Gasteiger partial charge in [-0.05, 0) is 42.0 Å². The zero-order chi connectivity index (χ0) is 21.1. The molecule has 0 radical (unpaired) electrons. The second-order valence-electron chi connectivity index (χ2n) is 6.33. The molecule has 2 aromatic carbocycles. The number of hydrogen-bond acceptors (Lipinski definition) is 5. The Hall–Kier alpha value is -3.17. The van der Waals surface area contributed by atoms with Crippen LogP contribution in [0.4, 0.5) is 4.39 Å². The third-order valence-electron chi connectivity index (χ3n) is 4.23. The number of thioether (sulfide) groups is 1. The molecule has 0 aliphatic rings. The maximum absolute atomic E-state index is 12.9. The minimum absolute atomic E-state index is 0.0602. The Labute approximate surface area is 179 Å². The van der Waals surface area contributed by atoms with E-state index in [4.69, 9.17) is 11.6 Å². The summed E-state index contributed by atoms with van der Waals surface area (Å²) in [6.07, 6.45) is 1.44. The number of aromatic amines is 1. The molecular formula is C20H15ClFN5O2S. The monoisotopic (exact) mass is 443 g/mol. The van der Waals surface area contributed by atoms with Gasteiger partial charge in [-0.15, -0.1) is 0 Å². The predicted molar refractivity (Wildman–Crippen MR) is 113 cm³/mol. The zero-order valence-corrected chi connectivity index (χ0v) is 17.0. The molecule has 2 N–H and O–H groups in total. The average molecular weight is 444 g/mol. The summed E-state index contributed by atoms with van der Waals surface area (Å²) in [6, 6.07) is 12.9. The van der Waals surface area contributed by atoms with Gasteiger partial charge in [0.2, 0.25) is 5.91 Å². The van der Waals surface area contributed by atoms with E-state index in [9.17, 15) is 14.0 Å². The molecule has 4 rings (SSSR count). The van der Waals surface area contributed by atoms with Crippen molar-refractivity contribution >= 4 is 40.3 Å². The minimum Gasteiger partial charge on any atom is -0.351 e. The predicted octanol–water partition coefficient (Wildman–Crippen LogP) is 3.31. The fourth-order valence-electron chi connectivity index (χ4n) is 2.73. The Morgan fingerprint density at radius 1 is 1.17 bits per heavy atom. The molecule has 0 aliphatic carbocycles. The first-order chi connectivity index (χ1) is 14.5. The molecule has 0 saturated carbocycles. The number of hydrogen-bond donors (Lipinski definition) is 2. The van der Waals surface area contributed by atoms with Crippen LogP contribution in [0.1, 0.15) is 5.56 Å². The SMILES string of the molecule is O=C(CSc1nc2c(cnn2-c2ccc(Cl)cc2)c(=O)[nH]1)NCc1ccc(F)cc1. The lowest BCUT2D eigenvalue weighted by Crippen LogP contribution is -2.24. The standard InChI is InChI=1S/C20H15ClFN5O2S/c21-13-3-7-15(8-4-13)27-18-16(10-24-27)19(29)26-20(25-18)30-11-17(28)23-9-12-1-5-14(22)6-2-12/h1-8,10H,9,11H2,(H,23,28)(H,25,26,29). The van der Waals surface area contributed by atoms with Crippen LogP contribution in [0, 0.1) is 5.82 Å². The summed E-state index contributed by atoms with van der Waals surface area (Å²) in [7, 11) is 0. The molecule has 0 aliphatic heterocycles. The van der Waals surface area contributed by atoms with Crippen molar-refractivity contribution in [3.63, 3.8) is 0 Å². The zero-order valence-electron chi connectivity index (χ0n) is 15.4. The number of amides is 1. The first-order valence-corrected chi connectivity index (χ1v) is 10.2. The fourth-order valence-corrected chi connectivity index (χ4v) is 3.54. The van der Waals surface area contributed by atoms with Crippen LogP contribution in [0.25, 0.3) is 16.7 Å². The van der Waals surface area contributed by atoms with Gasteiger partial charge in [-0.2, -0.15) is 5.10 Å². The van der Waals surface area contributed by atoms with Crippen LogP contribution in [-0.2, 0) is 11.3 Å². The Bertz CT molecular complexity index is 1260. The maximum atomic E-state index is 12.9. The molecular weight excluding hydrogens is 429 g/mol. The van der Waals surface area contributed by atoms with E-state index in [-0.39, 0.29) is 29.6 Å².